The number of hydrogen-bond donors (Lipinski definition) is 1. The third-order valence-corrected chi connectivity index (χ3v) is 5.03. The van der Waals surface area contributed by atoms with Crippen LogP contribution in [0.25, 0.3) is 0 Å². The summed E-state index contributed by atoms with van der Waals surface area (Å²) < 4.78 is 33.8. The largest absolute Gasteiger partial charge is 1.00 e. The Labute approximate surface area is 182 Å². The standard InChI is InChI=1S/C15H15N3O8S.Na/c19-10-6-7-11(20)17(10)14-12(15(22)18(14)27(23,24)25)13(21)16-26-8-9-4-2-1-3-5-9;/h1-5,12,14H,6-8H2,(H,16,21)(H,23,24,25);/q;+1/p-1/t12-,14+;/m1./s1. The maximum atomic E-state index is 12.2. The minimum Gasteiger partial charge on any atom is -0.731 e. The molecule has 2 heterocycles. The van der Waals surface area contributed by atoms with Gasteiger partial charge in [0.1, 0.15) is 6.17 Å². The number of likely N-dealkylation sites (tertiary alicyclic amines) is 1. The molecule has 0 aliphatic carbocycles. The van der Waals surface area contributed by atoms with Crippen LogP contribution in [0.2, 0.25) is 0 Å². The molecule has 0 spiro atoms. The Hall–Kier alpha value is -1.83. The van der Waals surface area contributed by atoms with Gasteiger partial charge in [0.05, 0.1) is 6.61 Å². The van der Waals surface area contributed by atoms with E-state index in [0.717, 1.165) is 0 Å². The maximum absolute atomic E-state index is 12.2. The second kappa shape index (κ2) is 8.68. The fourth-order valence-corrected chi connectivity index (χ4v) is 3.72. The average Bonchev–Trinajstić information content (AvgIpc) is 2.90. The molecule has 0 saturated carbocycles. The predicted octanol–water partition coefficient (Wildman–Crippen LogP) is -4.37. The molecule has 4 amide bonds. The van der Waals surface area contributed by atoms with Crippen LogP contribution < -0.4 is 35.0 Å². The Kier molecular flexibility index (Phi) is 6.96. The zero-order valence-electron chi connectivity index (χ0n) is 14.7. The van der Waals surface area contributed by atoms with Crippen LogP contribution in [0, 0.1) is 5.92 Å². The van der Waals surface area contributed by atoms with E-state index in [1.54, 1.807) is 30.3 Å². The topological polar surface area (TPSA) is 153 Å². The van der Waals surface area contributed by atoms with Crippen LogP contribution in [0.3, 0.4) is 0 Å². The van der Waals surface area contributed by atoms with E-state index in [1.165, 1.54) is 0 Å². The summed E-state index contributed by atoms with van der Waals surface area (Å²) in [7, 11) is -5.31. The number of benzene rings is 1. The van der Waals surface area contributed by atoms with Crippen LogP contribution in [0.15, 0.2) is 30.3 Å². The van der Waals surface area contributed by atoms with Gasteiger partial charge in [-0.2, -0.15) is 0 Å². The third-order valence-electron chi connectivity index (χ3n) is 4.15. The van der Waals surface area contributed by atoms with E-state index in [1.807, 2.05) is 5.48 Å². The first-order valence-electron chi connectivity index (χ1n) is 7.81. The molecule has 1 aromatic rings. The van der Waals surface area contributed by atoms with Crippen molar-refractivity contribution in [1.82, 2.24) is 14.7 Å². The second-order valence-corrected chi connectivity index (χ2v) is 7.13. The van der Waals surface area contributed by atoms with Crippen molar-refractivity contribution in [3.05, 3.63) is 35.9 Å². The van der Waals surface area contributed by atoms with Gasteiger partial charge in [-0.25, -0.2) is 18.2 Å². The Morgan fingerprint density at radius 3 is 2.25 bits per heavy atom. The van der Waals surface area contributed by atoms with Gasteiger partial charge in [-0.05, 0) is 5.56 Å². The number of imide groups is 1. The Morgan fingerprint density at radius 2 is 1.71 bits per heavy atom. The summed E-state index contributed by atoms with van der Waals surface area (Å²) in [5, 5.41) is 0. The number of hydroxylamine groups is 1. The molecule has 1 N–H and O–H groups in total. The quantitative estimate of drug-likeness (QED) is 0.121. The minimum atomic E-state index is -5.31. The number of nitrogens with zero attached hydrogens (tertiary/aromatic N) is 2. The number of carbonyl (C=O) groups excluding carboxylic acids is 4. The van der Waals surface area contributed by atoms with Gasteiger partial charge < -0.3 is 4.55 Å². The summed E-state index contributed by atoms with van der Waals surface area (Å²) in [6.07, 6.45) is -2.22. The SMILES string of the molecule is O=C(NOCc1ccccc1)[C@H]1C(=O)N(S(=O)(=O)[O-])[C@@H]1N1C(=O)CCC1=O.[Na+]. The van der Waals surface area contributed by atoms with E-state index in [-0.39, 0.29) is 53.3 Å². The van der Waals surface area contributed by atoms with Crippen molar-refractivity contribution in [2.45, 2.75) is 25.6 Å². The van der Waals surface area contributed by atoms with Crippen LogP contribution in [0.5, 0.6) is 0 Å². The summed E-state index contributed by atoms with van der Waals surface area (Å²) >= 11 is 0. The molecule has 0 bridgehead atoms. The van der Waals surface area contributed by atoms with Crippen molar-refractivity contribution in [2.75, 3.05) is 0 Å². The van der Waals surface area contributed by atoms with Crippen molar-refractivity contribution in [3.63, 3.8) is 0 Å². The van der Waals surface area contributed by atoms with Gasteiger partial charge in [0, 0.05) is 12.8 Å². The van der Waals surface area contributed by atoms with E-state index in [9.17, 15) is 32.1 Å². The molecule has 0 unspecified atom stereocenters. The number of nitrogens with one attached hydrogen (secondary N) is 1. The number of carbonyl (C=O) groups is 4. The molecule has 0 radical (unpaired) electrons. The summed E-state index contributed by atoms with van der Waals surface area (Å²) in [5.41, 5.74) is 2.70. The Bertz CT molecular complexity index is 891. The molecule has 13 heteroatoms. The average molecular weight is 419 g/mol. The van der Waals surface area contributed by atoms with Gasteiger partial charge in [-0.15, -0.1) is 0 Å². The van der Waals surface area contributed by atoms with E-state index >= 15 is 0 Å². The first-order chi connectivity index (χ1) is 12.7. The van der Waals surface area contributed by atoms with Crippen LogP contribution in [0.1, 0.15) is 18.4 Å². The van der Waals surface area contributed by atoms with Gasteiger partial charge in [0.2, 0.25) is 11.8 Å². The third kappa shape index (κ3) is 4.26. The van der Waals surface area contributed by atoms with Crippen molar-refractivity contribution in [1.29, 1.82) is 0 Å². The van der Waals surface area contributed by atoms with E-state index in [4.69, 9.17) is 4.84 Å². The maximum Gasteiger partial charge on any atom is 1.00 e. The molecule has 144 valence electrons. The molecule has 1 aromatic carbocycles. The van der Waals surface area contributed by atoms with Crippen LogP contribution >= 0.6 is 0 Å². The van der Waals surface area contributed by atoms with Crippen LogP contribution in [0.4, 0.5) is 0 Å². The van der Waals surface area contributed by atoms with Gasteiger partial charge in [-0.1, -0.05) is 30.3 Å². The summed E-state index contributed by atoms with van der Waals surface area (Å²) in [6, 6.07) is 8.70. The van der Waals surface area contributed by atoms with Crippen LogP contribution in [-0.2, 0) is 40.9 Å². The van der Waals surface area contributed by atoms with Crippen molar-refractivity contribution < 1.29 is 66.5 Å². The molecule has 11 nitrogen and oxygen atoms in total. The normalized spacial score (nSPS) is 22.0. The molecule has 2 fully saturated rings. The smallest absolute Gasteiger partial charge is 0.731 e. The first kappa shape index (κ1) is 22.5. The second-order valence-electron chi connectivity index (χ2n) is 5.88. The van der Waals surface area contributed by atoms with Gasteiger partial charge in [-0.3, -0.25) is 28.9 Å². The molecule has 2 atom stereocenters. The van der Waals surface area contributed by atoms with Gasteiger partial charge >= 0.3 is 29.6 Å². The number of amides is 4. The van der Waals surface area contributed by atoms with Gasteiger partial charge in [0.15, 0.2) is 16.2 Å². The van der Waals surface area contributed by atoms with Gasteiger partial charge in [0.25, 0.3) is 11.8 Å². The summed E-state index contributed by atoms with van der Waals surface area (Å²) in [4.78, 5) is 53.5. The Morgan fingerprint density at radius 1 is 1.14 bits per heavy atom. The fraction of sp³-hybridized carbons (Fsp3) is 0.333. The van der Waals surface area contributed by atoms with E-state index in [0.29, 0.717) is 10.5 Å². The fourth-order valence-electron chi connectivity index (χ4n) is 2.91. The molecule has 28 heavy (non-hydrogen) atoms. The zero-order chi connectivity index (χ0) is 19.8. The van der Waals surface area contributed by atoms with E-state index < -0.39 is 46.0 Å². The summed E-state index contributed by atoms with van der Waals surface area (Å²) in [6.45, 7) is -0.0384. The Balaban J connectivity index is 0.00000280. The molecule has 2 saturated heterocycles. The molecule has 2 aliphatic rings. The van der Waals surface area contributed by atoms with E-state index in [2.05, 4.69) is 0 Å². The molecule has 3 rings (SSSR count). The predicted molar refractivity (Wildman–Crippen MR) is 84.3 cm³/mol. The molecule has 0 aromatic heterocycles. The number of β-lactam (4-membered cyclic amide) rings is 1. The van der Waals surface area contributed by atoms with Crippen LogP contribution in [-0.4, -0.2) is 52.0 Å². The number of rotatable bonds is 6. The number of hydrogen-bond acceptors (Lipinski definition) is 8. The molecule has 2 aliphatic heterocycles. The molecular formula is C15H14N3NaO8S. The zero-order valence-corrected chi connectivity index (χ0v) is 17.5. The van der Waals surface area contributed by atoms with Crippen molar-refractivity contribution >= 4 is 33.9 Å². The summed E-state index contributed by atoms with van der Waals surface area (Å²) in [5.74, 6) is -5.67. The van der Waals surface area contributed by atoms with Crippen molar-refractivity contribution in [2.24, 2.45) is 5.92 Å². The minimum absolute atomic E-state index is 0. The molecular weight excluding hydrogens is 405 g/mol. The first-order valence-corrected chi connectivity index (χ1v) is 9.18. The monoisotopic (exact) mass is 419 g/mol. The van der Waals surface area contributed by atoms with Crippen molar-refractivity contribution in [3.8, 4) is 0 Å².